The summed E-state index contributed by atoms with van der Waals surface area (Å²) in [5, 5.41) is 5.74. The average Bonchev–Trinajstić information content (AvgIpc) is 3.28. The van der Waals surface area contributed by atoms with E-state index < -0.39 is 0 Å². The van der Waals surface area contributed by atoms with E-state index in [4.69, 9.17) is 12.2 Å². The predicted molar refractivity (Wildman–Crippen MR) is 107 cm³/mol. The minimum atomic E-state index is -0.211. The fourth-order valence-electron chi connectivity index (χ4n) is 3.19. The Kier molecular flexibility index (Phi) is 4.34. The standard InChI is InChI=1S/C19H17N3O2S2/c1-2-7-22-10-12-8-11(3-5-14(12)18(22)24)16-6-4-13(26-16)9-15-17(23)21-19(25)20-15/h3-6,8-9H,2,7,10H2,1H3,(H2,20,21,23,25). The molecule has 1 aromatic carbocycles. The van der Waals surface area contributed by atoms with E-state index in [9.17, 15) is 9.59 Å². The molecular weight excluding hydrogens is 366 g/mol. The van der Waals surface area contributed by atoms with Crippen LogP contribution in [0.5, 0.6) is 0 Å². The van der Waals surface area contributed by atoms with E-state index in [1.54, 1.807) is 17.4 Å². The van der Waals surface area contributed by atoms with E-state index >= 15 is 0 Å². The molecule has 0 unspecified atom stereocenters. The van der Waals surface area contributed by atoms with Crippen LogP contribution in [0.2, 0.25) is 0 Å². The molecule has 1 fully saturated rings. The third-order valence-electron chi connectivity index (χ3n) is 4.40. The highest BCUT2D eigenvalue weighted by molar-refractivity contribution is 7.80. The third kappa shape index (κ3) is 3.04. The van der Waals surface area contributed by atoms with Gasteiger partial charge in [0.2, 0.25) is 0 Å². The van der Waals surface area contributed by atoms with E-state index in [2.05, 4.69) is 23.6 Å². The molecule has 26 heavy (non-hydrogen) atoms. The summed E-state index contributed by atoms with van der Waals surface area (Å²) >= 11 is 6.54. The number of carbonyl (C=O) groups is 2. The van der Waals surface area contributed by atoms with Crippen LogP contribution in [0.15, 0.2) is 36.0 Å². The normalized spacial score (nSPS) is 17.7. The van der Waals surface area contributed by atoms with Gasteiger partial charge in [-0.05, 0) is 60.1 Å². The summed E-state index contributed by atoms with van der Waals surface area (Å²) in [6, 6.07) is 10.0. The first-order valence-electron chi connectivity index (χ1n) is 8.41. The fourth-order valence-corrected chi connectivity index (χ4v) is 4.35. The number of nitrogens with one attached hydrogen (secondary N) is 2. The number of hydrogen-bond acceptors (Lipinski definition) is 4. The molecule has 2 amide bonds. The van der Waals surface area contributed by atoms with Gasteiger partial charge in [-0.1, -0.05) is 13.0 Å². The largest absolute Gasteiger partial charge is 0.334 e. The van der Waals surface area contributed by atoms with Gasteiger partial charge in [-0.25, -0.2) is 0 Å². The van der Waals surface area contributed by atoms with Gasteiger partial charge in [0, 0.05) is 28.4 Å². The SMILES string of the molecule is CCCN1Cc2cc(-c3ccc(C=C4NC(=S)NC4=O)s3)ccc2C1=O. The minimum absolute atomic E-state index is 0.124. The van der Waals surface area contributed by atoms with Crippen LogP contribution in [0.1, 0.15) is 34.1 Å². The molecule has 7 heteroatoms. The molecule has 1 aromatic heterocycles. The molecule has 0 aliphatic carbocycles. The van der Waals surface area contributed by atoms with Crippen molar-refractivity contribution < 1.29 is 9.59 Å². The van der Waals surface area contributed by atoms with Gasteiger partial charge < -0.3 is 10.2 Å². The number of nitrogens with zero attached hydrogens (tertiary/aromatic N) is 1. The average molecular weight is 383 g/mol. The highest BCUT2D eigenvalue weighted by Gasteiger charge is 2.27. The first-order valence-corrected chi connectivity index (χ1v) is 9.64. The number of thiocarbonyl (C=S) groups is 1. The van der Waals surface area contributed by atoms with Crippen LogP contribution in [0.4, 0.5) is 0 Å². The summed E-state index contributed by atoms with van der Waals surface area (Å²) in [7, 11) is 0. The van der Waals surface area contributed by atoms with Crippen molar-refractivity contribution in [2.45, 2.75) is 19.9 Å². The van der Waals surface area contributed by atoms with Crippen LogP contribution in [0.25, 0.3) is 16.5 Å². The second-order valence-electron chi connectivity index (χ2n) is 6.27. The van der Waals surface area contributed by atoms with Gasteiger partial charge in [-0.3, -0.25) is 14.9 Å². The zero-order valence-corrected chi connectivity index (χ0v) is 15.8. The molecule has 2 aromatic rings. The summed E-state index contributed by atoms with van der Waals surface area (Å²) in [5.74, 6) is -0.0868. The Bertz CT molecular complexity index is 961. The molecule has 4 rings (SSSR count). The predicted octanol–water partition coefficient (Wildman–Crippen LogP) is 3.13. The number of carbonyl (C=O) groups excluding carboxylic acids is 2. The van der Waals surface area contributed by atoms with E-state index in [1.165, 1.54) is 0 Å². The molecule has 0 radical (unpaired) electrons. The minimum Gasteiger partial charge on any atom is -0.334 e. The maximum absolute atomic E-state index is 12.4. The molecule has 0 bridgehead atoms. The summed E-state index contributed by atoms with van der Waals surface area (Å²) < 4.78 is 0. The Hall–Kier alpha value is -2.51. The van der Waals surface area contributed by atoms with E-state index in [0.29, 0.717) is 17.4 Å². The number of amides is 2. The van der Waals surface area contributed by atoms with E-state index in [-0.39, 0.29) is 11.8 Å². The second-order valence-corrected chi connectivity index (χ2v) is 7.79. The number of thiophene rings is 1. The van der Waals surface area contributed by atoms with Crippen molar-refractivity contribution in [1.82, 2.24) is 15.5 Å². The number of fused-ring (bicyclic) bond motifs is 1. The molecule has 3 heterocycles. The van der Waals surface area contributed by atoms with Crippen LogP contribution < -0.4 is 10.6 Å². The van der Waals surface area contributed by atoms with Crippen molar-refractivity contribution in [3.63, 3.8) is 0 Å². The monoisotopic (exact) mass is 383 g/mol. The lowest BCUT2D eigenvalue weighted by Gasteiger charge is -2.13. The third-order valence-corrected chi connectivity index (χ3v) is 5.68. The highest BCUT2D eigenvalue weighted by atomic mass is 32.1. The lowest BCUT2D eigenvalue weighted by Crippen LogP contribution is -2.24. The Balaban J connectivity index is 1.59. The zero-order chi connectivity index (χ0) is 18.3. The summed E-state index contributed by atoms with van der Waals surface area (Å²) in [6.07, 6.45) is 2.75. The Morgan fingerprint density at radius 2 is 2.08 bits per heavy atom. The quantitative estimate of drug-likeness (QED) is 0.629. The van der Waals surface area contributed by atoms with Gasteiger partial charge in [-0.2, -0.15) is 0 Å². The summed E-state index contributed by atoms with van der Waals surface area (Å²) in [6.45, 7) is 3.55. The number of rotatable bonds is 4. The molecule has 2 N–H and O–H groups in total. The molecule has 2 aliphatic rings. The first kappa shape index (κ1) is 16.9. The first-order chi connectivity index (χ1) is 12.5. The van der Waals surface area contributed by atoms with Crippen LogP contribution in [0.3, 0.4) is 0 Å². The molecule has 2 aliphatic heterocycles. The lowest BCUT2D eigenvalue weighted by atomic mass is 10.1. The lowest BCUT2D eigenvalue weighted by molar-refractivity contribution is -0.115. The van der Waals surface area contributed by atoms with Crippen LogP contribution in [-0.4, -0.2) is 28.4 Å². The van der Waals surface area contributed by atoms with Gasteiger partial charge in [0.05, 0.1) is 0 Å². The van der Waals surface area contributed by atoms with Crippen LogP contribution in [0, 0.1) is 0 Å². The van der Waals surface area contributed by atoms with Gasteiger partial charge in [0.1, 0.15) is 5.70 Å². The van der Waals surface area contributed by atoms with Crippen LogP contribution in [-0.2, 0) is 11.3 Å². The smallest absolute Gasteiger partial charge is 0.273 e. The van der Waals surface area contributed by atoms with Crippen molar-refractivity contribution in [3.8, 4) is 10.4 Å². The zero-order valence-electron chi connectivity index (χ0n) is 14.2. The van der Waals surface area contributed by atoms with Gasteiger partial charge in [0.25, 0.3) is 11.8 Å². The van der Waals surface area contributed by atoms with Crippen molar-refractivity contribution >= 4 is 46.6 Å². The summed E-state index contributed by atoms with van der Waals surface area (Å²) in [4.78, 5) is 28.1. The number of hydrogen-bond donors (Lipinski definition) is 2. The Morgan fingerprint density at radius 1 is 1.23 bits per heavy atom. The number of benzene rings is 1. The van der Waals surface area contributed by atoms with E-state index in [1.807, 2.05) is 29.2 Å². The second kappa shape index (κ2) is 6.66. The van der Waals surface area contributed by atoms with Gasteiger partial charge in [0.15, 0.2) is 5.11 Å². The van der Waals surface area contributed by atoms with E-state index in [0.717, 1.165) is 39.4 Å². The Labute approximate surface area is 160 Å². The maximum Gasteiger partial charge on any atom is 0.273 e. The van der Waals surface area contributed by atoms with Crippen molar-refractivity contribution in [3.05, 3.63) is 52.0 Å². The molecule has 0 spiro atoms. The van der Waals surface area contributed by atoms with Gasteiger partial charge >= 0.3 is 0 Å². The summed E-state index contributed by atoms with van der Waals surface area (Å²) in [5.41, 5.74) is 3.43. The fraction of sp³-hybridized carbons (Fsp3) is 0.211. The molecule has 5 nitrogen and oxygen atoms in total. The van der Waals surface area contributed by atoms with Crippen molar-refractivity contribution in [2.75, 3.05) is 6.54 Å². The van der Waals surface area contributed by atoms with Gasteiger partial charge in [-0.15, -0.1) is 11.3 Å². The van der Waals surface area contributed by atoms with Crippen molar-refractivity contribution in [1.29, 1.82) is 0 Å². The highest BCUT2D eigenvalue weighted by Crippen LogP contribution is 2.33. The van der Waals surface area contributed by atoms with Crippen LogP contribution >= 0.6 is 23.6 Å². The molecule has 0 saturated carbocycles. The molecule has 0 atom stereocenters. The topological polar surface area (TPSA) is 61.4 Å². The van der Waals surface area contributed by atoms with Crippen molar-refractivity contribution in [2.24, 2.45) is 0 Å². The Morgan fingerprint density at radius 3 is 2.81 bits per heavy atom. The molecular formula is C19H17N3O2S2. The molecule has 1 saturated heterocycles. The maximum atomic E-state index is 12.4. The molecule has 132 valence electrons.